The van der Waals surface area contributed by atoms with Crippen molar-refractivity contribution in [1.82, 2.24) is 0 Å². The fourth-order valence-corrected chi connectivity index (χ4v) is 0.467. The molecule has 1 nitrogen and oxygen atoms in total. The van der Waals surface area contributed by atoms with Gasteiger partial charge < -0.3 is 0 Å². The van der Waals surface area contributed by atoms with Crippen molar-refractivity contribution >= 4 is 11.8 Å². The molecular weight excluding hydrogens is 106 g/mol. The predicted octanol–water partition coefficient (Wildman–Crippen LogP) is 1.22. The Labute approximate surface area is 47.7 Å². The highest BCUT2D eigenvalue weighted by Crippen LogP contribution is 1.95. The van der Waals surface area contributed by atoms with E-state index in [2.05, 4.69) is 5.92 Å². The first-order chi connectivity index (χ1) is 3.41. The van der Waals surface area contributed by atoms with Crippen LogP contribution in [0.4, 0.5) is 0 Å². The van der Waals surface area contributed by atoms with E-state index in [1.807, 2.05) is 5.40 Å². The summed E-state index contributed by atoms with van der Waals surface area (Å²) in [7, 11) is 0. The molecule has 0 saturated heterocycles. The molecule has 0 aromatic rings. The molecule has 0 aromatic carbocycles. The average molecular weight is 111 g/mol. The quantitative estimate of drug-likeness (QED) is 0.304. The Kier molecular flexibility index (Phi) is 4.94. The number of hydrogen-bond donors (Lipinski definition) is 0. The maximum Gasteiger partial charge on any atom is 0.133 e. The summed E-state index contributed by atoms with van der Waals surface area (Å²) in [6.45, 7) is 0. The second kappa shape index (κ2) is 5.40. The zero-order valence-corrected chi connectivity index (χ0v) is 4.66. The topological polar surface area (TPSA) is 23.8 Å². The van der Waals surface area contributed by atoms with Crippen molar-refractivity contribution in [2.45, 2.75) is 6.42 Å². The van der Waals surface area contributed by atoms with E-state index in [0.29, 0.717) is 6.42 Å². The first kappa shape index (κ1) is 6.40. The van der Waals surface area contributed by atoms with Gasteiger partial charge in [-0.3, -0.25) is 0 Å². The van der Waals surface area contributed by atoms with Crippen LogP contribution in [0, 0.1) is 23.0 Å². The summed E-state index contributed by atoms with van der Waals surface area (Å²) in [5.74, 6) is 3.19. The molecule has 0 spiro atoms. The molecule has 0 radical (unpaired) electrons. The van der Waals surface area contributed by atoms with E-state index in [4.69, 9.17) is 11.7 Å². The van der Waals surface area contributed by atoms with Crippen LogP contribution in [0.3, 0.4) is 0 Å². The number of rotatable bonds is 2. The summed E-state index contributed by atoms with van der Waals surface area (Å²) >= 11 is 1.20. The van der Waals surface area contributed by atoms with Crippen molar-refractivity contribution in [2.24, 2.45) is 0 Å². The van der Waals surface area contributed by atoms with Gasteiger partial charge in [-0.2, -0.15) is 5.26 Å². The van der Waals surface area contributed by atoms with E-state index < -0.39 is 0 Å². The molecule has 0 N–H and O–H groups in total. The number of hydrogen-bond acceptors (Lipinski definition) is 2. The lowest BCUT2D eigenvalue weighted by Gasteiger charge is -1.77. The van der Waals surface area contributed by atoms with E-state index in [1.165, 1.54) is 11.8 Å². The van der Waals surface area contributed by atoms with Gasteiger partial charge in [0.2, 0.25) is 0 Å². The average Bonchev–Trinajstić information content (AvgIpc) is 1.69. The maximum absolute atomic E-state index is 7.94. The predicted molar refractivity (Wildman–Crippen MR) is 31.5 cm³/mol. The summed E-state index contributed by atoms with van der Waals surface area (Å²) in [6, 6.07) is 0. The van der Waals surface area contributed by atoms with Crippen molar-refractivity contribution in [1.29, 1.82) is 5.26 Å². The third-order valence-corrected chi connectivity index (χ3v) is 0.950. The lowest BCUT2D eigenvalue weighted by atomic mass is 10.5. The van der Waals surface area contributed by atoms with Gasteiger partial charge in [0.25, 0.3) is 0 Å². The molecule has 0 saturated carbocycles. The Morgan fingerprint density at radius 3 is 2.86 bits per heavy atom. The second-order valence-corrected chi connectivity index (χ2v) is 1.77. The molecule has 0 amide bonds. The largest absolute Gasteiger partial charge is 0.185 e. The van der Waals surface area contributed by atoms with Crippen LogP contribution < -0.4 is 0 Å². The number of thioether (sulfide) groups is 1. The van der Waals surface area contributed by atoms with Crippen LogP contribution in [0.2, 0.25) is 0 Å². The van der Waals surface area contributed by atoms with E-state index in [1.54, 1.807) is 0 Å². The number of thiocyanates is 1. The number of nitriles is 1. The molecule has 0 rings (SSSR count). The lowest BCUT2D eigenvalue weighted by molar-refractivity contribution is 1.31. The van der Waals surface area contributed by atoms with Crippen LogP contribution in [-0.2, 0) is 0 Å². The van der Waals surface area contributed by atoms with Crippen molar-refractivity contribution in [2.75, 3.05) is 5.75 Å². The maximum atomic E-state index is 7.94. The van der Waals surface area contributed by atoms with E-state index >= 15 is 0 Å². The molecule has 0 atom stereocenters. The zero-order chi connectivity index (χ0) is 5.54. The minimum Gasteiger partial charge on any atom is -0.185 e. The summed E-state index contributed by atoms with van der Waals surface area (Å²) < 4.78 is 0. The molecule has 2 heteroatoms. The second-order valence-electron chi connectivity index (χ2n) is 0.894. The molecule has 0 fully saturated rings. The molecule has 0 heterocycles. The fourth-order valence-electron chi connectivity index (χ4n) is 0.156. The Balaban J connectivity index is 2.77. The van der Waals surface area contributed by atoms with Gasteiger partial charge >= 0.3 is 0 Å². The Hall–Kier alpha value is -0.600. The van der Waals surface area contributed by atoms with Gasteiger partial charge in [-0.05, 0) is 11.8 Å². The van der Waals surface area contributed by atoms with Crippen LogP contribution in [0.5, 0.6) is 0 Å². The number of nitrogens with zero attached hydrogens (tertiary/aromatic N) is 1. The van der Waals surface area contributed by atoms with Gasteiger partial charge in [0.15, 0.2) is 0 Å². The highest BCUT2D eigenvalue weighted by molar-refractivity contribution is 8.03. The van der Waals surface area contributed by atoms with Crippen LogP contribution in [0.15, 0.2) is 0 Å². The molecule has 0 unspecified atom stereocenters. The lowest BCUT2D eigenvalue weighted by Crippen LogP contribution is -1.68. The molecule has 36 valence electrons. The normalized spacial score (nSPS) is 6.57. The molecule has 0 bridgehead atoms. The van der Waals surface area contributed by atoms with Crippen molar-refractivity contribution in [3.05, 3.63) is 0 Å². The fraction of sp³-hybridized carbons (Fsp3) is 0.400. The first-order valence-corrected chi connectivity index (χ1v) is 2.84. The third-order valence-electron chi connectivity index (χ3n) is 0.413. The van der Waals surface area contributed by atoms with Gasteiger partial charge in [-0.1, -0.05) is 0 Å². The third kappa shape index (κ3) is 5.40. The molecule has 0 aliphatic carbocycles. The molecule has 0 aromatic heterocycles. The summed E-state index contributed by atoms with van der Waals surface area (Å²) in [6.07, 6.45) is 5.59. The molecular formula is C5H5NS. The summed E-state index contributed by atoms with van der Waals surface area (Å²) in [4.78, 5) is 0. The molecule has 0 aliphatic rings. The van der Waals surface area contributed by atoms with Crippen molar-refractivity contribution in [3.8, 4) is 17.7 Å². The minimum absolute atomic E-state index is 0.693. The van der Waals surface area contributed by atoms with Crippen molar-refractivity contribution < 1.29 is 0 Å². The van der Waals surface area contributed by atoms with Crippen LogP contribution in [0.25, 0.3) is 0 Å². The minimum atomic E-state index is 0.693. The van der Waals surface area contributed by atoms with Crippen molar-refractivity contribution in [3.63, 3.8) is 0 Å². The van der Waals surface area contributed by atoms with Gasteiger partial charge in [0.05, 0.1) is 0 Å². The zero-order valence-electron chi connectivity index (χ0n) is 3.85. The summed E-state index contributed by atoms with van der Waals surface area (Å²) in [5.41, 5.74) is 0. The standard InChI is InChI=1S/C5H5NS/c1-2-3-4-7-5-6/h1H,3-4H2. The molecule has 0 aliphatic heterocycles. The highest BCUT2D eigenvalue weighted by atomic mass is 32.2. The first-order valence-electron chi connectivity index (χ1n) is 1.86. The van der Waals surface area contributed by atoms with Gasteiger partial charge in [0.1, 0.15) is 5.40 Å². The van der Waals surface area contributed by atoms with Gasteiger partial charge in [-0.15, -0.1) is 12.3 Å². The SMILES string of the molecule is C#CCCSC#N. The monoisotopic (exact) mass is 111 g/mol. The smallest absolute Gasteiger partial charge is 0.133 e. The van der Waals surface area contributed by atoms with Crippen LogP contribution >= 0.6 is 11.8 Å². The van der Waals surface area contributed by atoms with E-state index in [-0.39, 0.29) is 0 Å². The van der Waals surface area contributed by atoms with E-state index in [9.17, 15) is 0 Å². The van der Waals surface area contributed by atoms with Gasteiger partial charge in [0, 0.05) is 12.2 Å². The number of terminal acetylenes is 1. The highest BCUT2D eigenvalue weighted by Gasteiger charge is 1.77. The van der Waals surface area contributed by atoms with Gasteiger partial charge in [-0.25, -0.2) is 0 Å². The Morgan fingerprint density at radius 2 is 2.43 bits per heavy atom. The Bertz CT molecular complexity index is 92.2. The summed E-state index contributed by atoms with van der Waals surface area (Å²) in [5, 5.41) is 9.86. The van der Waals surface area contributed by atoms with Crippen LogP contribution in [0.1, 0.15) is 6.42 Å². The molecule has 7 heavy (non-hydrogen) atoms. The van der Waals surface area contributed by atoms with E-state index in [0.717, 1.165) is 5.75 Å². The van der Waals surface area contributed by atoms with Crippen LogP contribution in [-0.4, -0.2) is 5.75 Å². The Morgan fingerprint density at radius 1 is 1.71 bits per heavy atom.